The number of aromatic amines is 1. The summed E-state index contributed by atoms with van der Waals surface area (Å²) in [4.78, 5) is 31.1. The predicted octanol–water partition coefficient (Wildman–Crippen LogP) is 5.76. The Morgan fingerprint density at radius 3 is 2.20 bits per heavy atom. The van der Waals surface area contributed by atoms with E-state index in [1.54, 1.807) is 12.1 Å². The van der Waals surface area contributed by atoms with Gasteiger partial charge in [0, 0.05) is 41.8 Å². The molecule has 0 aliphatic carbocycles. The number of carboxylic acids is 1. The summed E-state index contributed by atoms with van der Waals surface area (Å²) >= 11 is 6.69. The van der Waals surface area contributed by atoms with Crippen molar-refractivity contribution in [1.82, 2.24) is 19.9 Å². The van der Waals surface area contributed by atoms with Crippen LogP contribution >= 0.6 is 11.6 Å². The number of imidazole rings is 1. The molecule has 0 aliphatic heterocycles. The second-order valence-electron chi connectivity index (χ2n) is 11.6. The van der Waals surface area contributed by atoms with Crippen molar-refractivity contribution in [3.05, 3.63) is 76.9 Å². The summed E-state index contributed by atoms with van der Waals surface area (Å²) < 4.78 is 35.1. The Morgan fingerprint density at radius 1 is 0.843 bits per heavy atom. The van der Waals surface area contributed by atoms with E-state index in [-0.39, 0.29) is 24.9 Å². The van der Waals surface area contributed by atoms with E-state index in [2.05, 4.69) is 44.1 Å². The number of amides is 1. The quantitative estimate of drug-likeness (QED) is 0.0751. The number of hydrogen-bond donors (Lipinski definition) is 3. The largest absolute Gasteiger partial charge is 0.481 e. The molecule has 2 aromatic heterocycles. The number of aryl methyl sites for hydroxylation is 2. The van der Waals surface area contributed by atoms with Crippen LogP contribution in [0, 0.1) is 6.92 Å². The number of aliphatic carboxylic acids is 1. The molecule has 0 saturated carbocycles. The van der Waals surface area contributed by atoms with Crippen molar-refractivity contribution in [2.75, 3.05) is 72.6 Å². The van der Waals surface area contributed by atoms with E-state index in [1.807, 2.05) is 38.4 Å². The number of carboxylic acid groups (broad SMARTS) is 1. The Morgan fingerprint density at radius 2 is 1.51 bits per heavy atom. The van der Waals surface area contributed by atoms with Crippen molar-refractivity contribution in [3.8, 4) is 22.9 Å². The maximum absolute atomic E-state index is 13.0. The highest BCUT2D eigenvalue weighted by atomic mass is 35.5. The first kappa shape index (κ1) is 37.7. The zero-order chi connectivity index (χ0) is 36.0. The minimum atomic E-state index is -0.886. The molecule has 272 valence electrons. The lowest BCUT2D eigenvalue weighted by molar-refractivity contribution is -0.138. The molecule has 3 N–H and O–H groups in total. The molecule has 5 rings (SSSR count). The van der Waals surface area contributed by atoms with E-state index in [9.17, 15) is 9.59 Å². The van der Waals surface area contributed by atoms with Gasteiger partial charge in [0.2, 0.25) is 0 Å². The van der Waals surface area contributed by atoms with E-state index in [4.69, 9.17) is 45.1 Å². The first-order chi connectivity index (χ1) is 24.8. The average molecular weight is 723 g/mol. The summed E-state index contributed by atoms with van der Waals surface area (Å²) in [7, 11) is 2.02. The van der Waals surface area contributed by atoms with Crippen molar-refractivity contribution in [2.45, 2.75) is 13.3 Å². The molecule has 0 atom stereocenters. The Labute approximate surface area is 300 Å². The standard InChI is InChI=1S/C37H43ClN4O9/c1-25-3-5-28(51-37-40-32-23-30(31(38)24-33(32)41-37)26-4-6-34-27(21-26)7-10-42(34)2)22-29(25)36(45)39-9-12-47-14-16-49-18-20-50-19-17-48-15-13-46-11-8-35(43)44/h3-7,10,21-24H,8-9,11-20H2,1-2H3,(H,39,45)(H,40,41)(H,43,44). The molecule has 0 fully saturated rings. The van der Waals surface area contributed by atoms with Crippen LogP contribution in [0.25, 0.3) is 33.1 Å². The van der Waals surface area contributed by atoms with Gasteiger partial charge in [0.05, 0.1) is 88.5 Å². The molecule has 0 bridgehead atoms. The Kier molecular flexibility index (Phi) is 14.2. The SMILES string of the molecule is Cc1ccc(Oc2nc3cc(-c4ccc5c(ccn5C)c4)c(Cl)cc3[nH]2)cc1C(=O)NCCOCCOCCOCCOCCOCCC(=O)O. The molecule has 0 spiro atoms. The predicted molar refractivity (Wildman–Crippen MR) is 193 cm³/mol. The van der Waals surface area contributed by atoms with Gasteiger partial charge in [-0.05, 0) is 60.5 Å². The number of halogens is 1. The summed E-state index contributed by atoms with van der Waals surface area (Å²) in [5.74, 6) is -0.653. The molecular weight excluding hydrogens is 680 g/mol. The van der Waals surface area contributed by atoms with Crippen LogP contribution in [-0.2, 0) is 35.5 Å². The zero-order valence-electron chi connectivity index (χ0n) is 28.7. The molecule has 1 amide bonds. The Hall–Kier alpha value is -4.50. The molecule has 0 radical (unpaired) electrons. The highest BCUT2D eigenvalue weighted by Gasteiger charge is 2.14. The summed E-state index contributed by atoms with van der Waals surface area (Å²) in [6.45, 7) is 5.91. The van der Waals surface area contributed by atoms with Gasteiger partial charge in [-0.2, -0.15) is 4.98 Å². The number of carbonyl (C=O) groups excluding carboxylic acids is 1. The fourth-order valence-electron chi connectivity index (χ4n) is 5.22. The minimum Gasteiger partial charge on any atom is -0.481 e. The van der Waals surface area contributed by atoms with Crippen LogP contribution in [0.4, 0.5) is 0 Å². The first-order valence-electron chi connectivity index (χ1n) is 16.7. The van der Waals surface area contributed by atoms with E-state index < -0.39 is 5.97 Å². The topological polar surface area (TPSA) is 155 Å². The number of ether oxygens (including phenoxy) is 6. The third kappa shape index (κ3) is 11.2. The third-order valence-corrected chi connectivity index (χ3v) is 8.21. The van der Waals surface area contributed by atoms with E-state index in [0.717, 1.165) is 33.1 Å². The van der Waals surface area contributed by atoms with Crippen LogP contribution in [0.2, 0.25) is 5.02 Å². The van der Waals surface area contributed by atoms with Gasteiger partial charge in [-0.3, -0.25) is 9.59 Å². The number of H-pyrrole nitrogens is 1. The van der Waals surface area contributed by atoms with Gasteiger partial charge in [0.1, 0.15) is 5.75 Å². The van der Waals surface area contributed by atoms with E-state index in [0.29, 0.717) is 87.9 Å². The third-order valence-electron chi connectivity index (χ3n) is 7.89. The van der Waals surface area contributed by atoms with Gasteiger partial charge in [-0.25, -0.2) is 0 Å². The molecule has 0 unspecified atom stereocenters. The van der Waals surface area contributed by atoms with Crippen molar-refractivity contribution in [2.24, 2.45) is 7.05 Å². The number of hydrogen-bond acceptors (Lipinski definition) is 9. The molecular formula is C37H43ClN4O9. The maximum atomic E-state index is 13.0. The minimum absolute atomic E-state index is 0.0181. The Bertz CT molecular complexity index is 1910. The van der Waals surface area contributed by atoms with Gasteiger partial charge in [-0.1, -0.05) is 23.7 Å². The molecule has 3 aromatic carbocycles. The number of carbonyl (C=O) groups is 2. The maximum Gasteiger partial charge on any atom is 0.305 e. The molecule has 0 saturated heterocycles. The summed E-state index contributed by atoms with van der Waals surface area (Å²) in [5, 5.41) is 13.1. The van der Waals surface area contributed by atoms with Crippen LogP contribution < -0.4 is 10.1 Å². The molecule has 14 heteroatoms. The zero-order valence-corrected chi connectivity index (χ0v) is 29.5. The van der Waals surface area contributed by atoms with Gasteiger partial charge in [-0.15, -0.1) is 0 Å². The molecule has 2 heterocycles. The highest BCUT2D eigenvalue weighted by Crippen LogP contribution is 2.34. The molecule has 5 aromatic rings. The number of nitrogens with one attached hydrogen (secondary N) is 2. The number of fused-ring (bicyclic) bond motifs is 2. The summed E-state index contributed by atoms with van der Waals surface area (Å²) in [5.41, 5.74) is 5.75. The number of benzene rings is 3. The van der Waals surface area contributed by atoms with Crippen molar-refractivity contribution >= 4 is 45.4 Å². The Balaban J connectivity index is 0.983. The van der Waals surface area contributed by atoms with Crippen LogP contribution in [-0.4, -0.2) is 104 Å². The molecule has 0 aliphatic rings. The summed E-state index contributed by atoms with van der Waals surface area (Å²) in [6, 6.07) is 17.7. The van der Waals surface area contributed by atoms with Crippen LogP contribution in [0.15, 0.2) is 60.8 Å². The van der Waals surface area contributed by atoms with E-state index >= 15 is 0 Å². The lowest BCUT2D eigenvalue weighted by atomic mass is 10.0. The number of nitrogens with zero attached hydrogens (tertiary/aromatic N) is 2. The van der Waals surface area contributed by atoms with Crippen LogP contribution in [0.1, 0.15) is 22.3 Å². The first-order valence-corrected chi connectivity index (χ1v) is 17.1. The van der Waals surface area contributed by atoms with Crippen LogP contribution in [0.3, 0.4) is 0 Å². The average Bonchev–Trinajstić information content (AvgIpc) is 3.69. The number of rotatable bonds is 22. The van der Waals surface area contributed by atoms with Gasteiger partial charge >= 0.3 is 5.97 Å². The van der Waals surface area contributed by atoms with Crippen molar-refractivity contribution in [1.29, 1.82) is 0 Å². The fraction of sp³-hybridized carbons (Fsp3) is 0.378. The normalized spacial score (nSPS) is 11.4. The van der Waals surface area contributed by atoms with Crippen molar-refractivity contribution in [3.63, 3.8) is 0 Å². The lowest BCUT2D eigenvalue weighted by Gasteiger charge is -2.10. The number of aromatic nitrogens is 3. The van der Waals surface area contributed by atoms with E-state index in [1.165, 1.54) is 0 Å². The molecule has 13 nitrogen and oxygen atoms in total. The smallest absolute Gasteiger partial charge is 0.305 e. The van der Waals surface area contributed by atoms with Crippen LogP contribution in [0.5, 0.6) is 11.8 Å². The second-order valence-corrected chi connectivity index (χ2v) is 12.0. The van der Waals surface area contributed by atoms with Crippen molar-refractivity contribution < 1.29 is 43.1 Å². The van der Waals surface area contributed by atoms with Gasteiger partial charge < -0.3 is 48.4 Å². The summed E-state index contributed by atoms with van der Waals surface area (Å²) in [6.07, 6.45) is 2.01. The second kappa shape index (κ2) is 19.2. The van der Waals surface area contributed by atoms with Gasteiger partial charge in [0.25, 0.3) is 11.9 Å². The highest BCUT2D eigenvalue weighted by molar-refractivity contribution is 6.34. The monoisotopic (exact) mass is 722 g/mol. The molecule has 51 heavy (non-hydrogen) atoms. The van der Waals surface area contributed by atoms with Gasteiger partial charge in [0.15, 0.2) is 0 Å². The fourth-order valence-corrected chi connectivity index (χ4v) is 5.49. The lowest BCUT2D eigenvalue weighted by Crippen LogP contribution is -2.28.